The van der Waals surface area contributed by atoms with Crippen LogP contribution >= 0.6 is 0 Å². The van der Waals surface area contributed by atoms with Gasteiger partial charge >= 0.3 is 11.9 Å². The molecule has 81 heavy (non-hydrogen) atoms. The standard InChI is InChI=1S/C59H58N6O8.C6H14O.CH4/c1-30-13-18-43(34(5)23-30)52-60-53(44-19-14-31(2)24-35(44)6)64-57(63-52)48-26-37(8)51(28-50(48)67)73-41(12)59(69)71-29-70-58(68)40(11)72-42-17-22-47(49(66)27-42)56-62-54(45-20-15-32(3)25-36(45)7)61-55(65-56)46-21-16-33(4)38(9)39(46)10;1-3-5-7-6-4-2;/h13-28,40-41,66-67H,29H2,1-12H3;3-6H2,1-2H3;1H4. The van der Waals surface area contributed by atoms with Crippen LogP contribution in [0.2, 0.25) is 0 Å². The van der Waals surface area contributed by atoms with E-state index in [2.05, 4.69) is 45.9 Å². The van der Waals surface area contributed by atoms with Gasteiger partial charge in [-0.2, -0.15) is 0 Å². The van der Waals surface area contributed by atoms with Gasteiger partial charge in [0.2, 0.25) is 6.79 Å². The molecule has 2 atom stereocenters. The highest BCUT2D eigenvalue weighted by atomic mass is 16.7. The fourth-order valence-electron chi connectivity index (χ4n) is 8.89. The number of phenols is 2. The Bertz CT molecular complexity index is 3490. The number of nitrogens with zero attached hydrogens (tertiary/aromatic N) is 6. The van der Waals surface area contributed by atoms with Gasteiger partial charge < -0.3 is 33.9 Å². The molecule has 0 aliphatic heterocycles. The highest BCUT2D eigenvalue weighted by Crippen LogP contribution is 2.38. The molecule has 0 radical (unpaired) electrons. The molecule has 6 aromatic carbocycles. The second-order valence-electron chi connectivity index (χ2n) is 20.2. The normalized spacial score (nSPS) is 11.6. The minimum atomic E-state index is -1.16. The number of phenolic OH excluding ortho intramolecular Hbond substituents is 2. The first-order valence-electron chi connectivity index (χ1n) is 26.9. The summed E-state index contributed by atoms with van der Waals surface area (Å²) >= 11 is 0. The molecule has 2 unspecified atom stereocenters. The van der Waals surface area contributed by atoms with Crippen molar-refractivity contribution in [2.45, 2.75) is 129 Å². The molecule has 0 aliphatic carbocycles. The number of ether oxygens (including phenoxy) is 5. The quantitative estimate of drug-likeness (QED) is 0.0467. The van der Waals surface area contributed by atoms with Gasteiger partial charge in [0.1, 0.15) is 23.0 Å². The van der Waals surface area contributed by atoms with E-state index in [4.69, 9.17) is 53.6 Å². The zero-order chi connectivity index (χ0) is 57.9. The summed E-state index contributed by atoms with van der Waals surface area (Å²) in [7, 11) is 0. The maximum absolute atomic E-state index is 13.1. The molecule has 0 spiro atoms. The minimum absolute atomic E-state index is 0. The van der Waals surface area contributed by atoms with Gasteiger partial charge in [0, 0.05) is 47.6 Å². The number of carbonyl (C=O) groups is 2. The number of carbonyl (C=O) groups excluding carboxylic acids is 2. The van der Waals surface area contributed by atoms with Crippen molar-refractivity contribution < 1.29 is 43.5 Å². The fourth-order valence-corrected chi connectivity index (χ4v) is 8.89. The molecule has 0 saturated heterocycles. The number of hydrogen-bond donors (Lipinski definition) is 2. The SMILES string of the molecule is C.CCCOCCC.Cc1ccc(-c2nc(-c3ccc(C)cc3C)nc(-c3cc(C)c(OC(C)C(=O)OCOC(=O)C(C)Oc4ccc(-c5nc(-c6ccc(C)cc6C)nc(-c6ccc(C)c(C)c6C)n5)c(O)c4)cc3O)n2)c(C)c1. The molecule has 8 rings (SSSR count). The van der Waals surface area contributed by atoms with Crippen molar-refractivity contribution in [3.8, 4) is 91.3 Å². The monoisotopic (exact) mass is 1100 g/mol. The third-order valence-electron chi connectivity index (χ3n) is 13.6. The first kappa shape index (κ1) is 61.6. The van der Waals surface area contributed by atoms with E-state index in [-0.39, 0.29) is 42.1 Å². The zero-order valence-corrected chi connectivity index (χ0v) is 48.4. The molecule has 0 aliphatic rings. The Labute approximate surface area is 476 Å². The van der Waals surface area contributed by atoms with E-state index in [0.29, 0.717) is 40.0 Å². The van der Waals surface area contributed by atoms with Gasteiger partial charge in [0.15, 0.2) is 47.2 Å². The Morgan fingerprint density at radius 2 is 0.827 bits per heavy atom. The Morgan fingerprint density at radius 3 is 1.27 bits per heavy atom. The third-order valence-corrected chi connectivity index (χ3v) is 13.6. The van der Waals surface area contributed by atoms with Crippen LogP contribution in [0.25, 0.3) is 68.3 Å². The summed E-state index contributed by atoms with van der Waals surface area (Å²) in [6.45, 7) is 28.3. The lowest BCUT2D eigenvalue weighted by Gasteiger charge is -2.18. The van der Waals surface area contributed by atoms with E-state index in [1.54, 1.807) is 25.1 Å². The van der Waals surface area contributed by atoms with Crippen LogP contribution in [0.1, 0.15) is 104 Å². The van der Waals surface area contributed by atoms with Crippen LogP contribution in [-0.2, 0) is 23.8 Å². The number of benzene rings is 6. The number of rotatable bonds is 18. The second-order valence-corrected chi connectivity index (χ2v) is 20.2. The highest BCUT2D eigenvalue weighted by Gasteiger charge is 2.25. The molecule has 8 aromatic rings. The van der Waals surface area contributed by atoms with Gasteiger partial charge in [0.25, 0.3) is 0 Å². The van der Waals surface area contributed by atoms with Gasteiger partial charge in [-0.25, -0.2) is 39.5 Å². The molecule has 2 N–H and O–H groups in total. The smallest absolute Gasteiger partial charge is 0.349 e. The molecule has 0 amide bonds. The van der Waals surface area contributed by atoms with Crippen molar-refractivity contribution >= 4 is 11.9 Å². The first-order valence-corrected chi connectivity index (χ1v) is 26.9. The van der Waals surface area contributed by atoms with Crippen LogP contribution in [0.4, 0.5) is 0 Å². The lowest BCUT2D eigenvalue weighted by Crippen LogP contribution is -2.30. The summed E-state index contributed by atoms with van der Waals surface area (Å²) in [4.78, 5) is 55.2. The minimum Gasteiger partial charge on any atom is -0.507 e. The average Bonchev–Trinajstić information content (AvgIpc) is 3.42. The average molecular weight is 1100 g/mol. The summed E-state index contributed by atoms with van der Waals surface area (Å²) in [6.07, 6.45) is -0.0440. The second kappa shape index (κ2) is 27.5. The van der Waals surface area contributed by atoms with Gasteiger partial charge in [0.05, 0.1) is 11.1 Å². The molecule has 0 saturated carbocycles. The number of esters is 2. The van der Waals surface area contributed by atoms with E-state index in [9.17, 15) is 19.8 Å². The van der Waals surface area contributed by atoms with E-state index >= 15 is 0 Å². The fraction of sp³-hybridized carbons (Fsp3) is 0.333. The number of hydrogen-bond acceptors (Lipinski definition) is 15. The number of aryl methyl sites for hydroxylation is 8. The topological polar surface area (TPSA) is 198 Å². The predicted octanol–water partition coefficient (Wildman–Crippen LogP) is 14.3. The maximum atomic E-state index is 13.1. The molecule has 2 aromatic heterocycles. The van der Waals surface area contributed by atoms with Crippen molar-refractivity contribution in [3.05, 3.63) is 153 Å². The van der Waals surface area contributed by atoms with Crippen LogP contribution < -0.4 is 9.47 Å². The van der Waals surface area contributed by atoms with Crippen molar-refractivity contribution in [1.29, 1.82) is 0 Å². The number of aromatic hydroxyl groups is 2. The van der Waals surface area contributed by atoms with Gasteiger partial charge in [-0.3, -0.25) is 0 Å². The lowest BCUT2D eigenvalue weighted by atomic mass is 9.98. The van der Waals surface area contributed by atoms with E-state index in [0.717, 1.165) is 98.4 Å². The van der Waals surface area contributed by atoms with Crippen molar-refractivity contribution in [2.75, 3.05) is 20.0 Å². The summed E-state index contributed by atoms with van der Waals surface area (Å²) in [5.41, 5.74) is 14.2. The molecule has 15 heteroatoms. The van der Waals surface area contributed by atoms with Crippen molar-refractivity contribution in [1.82, 2.24) is 29.9 Å². The van der Waals surface area contributed by atoms with Gasteiger partial charge in [-0.1, -0.05) is 105 Å². The summed E-state index contributed by atoms with van der Waals surface area (Å²) < 4.78 is 27.4. The molecular formula is C66H76N6O9. The molecule has 424 valence electrons. The zero-order valence-electron chi connectivity index (χ0n) is 48.4. The van der Waals surface area contributed by atoms with Crippen LogP contribution in [0, 0.1) is 69.2 Å². The Balaban J connectivity index is 0.00000124. The maximum Gasteiger partial charge on any atom is 0.349 e. The largest absolute Gasteiger partial charge is 0.507 e. The van der Waals surface area contributed by atoms with Gasteiger partial charge in [-0.15, -0.1) is 0 Å². The molecule has 0 fully saturated rings. The molecular weight excluding hydrogens is 1020 g/mol. The molecule has 2 heterocycles. The third kappa shape index (κ3) is 15.2. The first-order chi connectivity index (χ1) is 38.1. The molecule has 0 bridgehead atoms. The molecule has 15 nitrogen and oxygen atoms in total. The van der Waals surface area contributed by atoms with E-state index < -0.39 is 30.9 Å². The summed E-state index contributed by atoms with van der Waals surface area (Å²) in [5.74, 6) is 0.712. The van der Waals surface area contributed by atoms with Crippen LogP contribution in [0.15, 0.2) is 97.1 Å². The van der Waals surface area contributed by atoms with Crippen molar-refractivity contribution in [2.24, 2.45) is 0 Å². The van der Waals surface area contributed by atoms with Crippen molar-refractivity contribution in [3.63, 3.8) is 0 Å². The Kier molecular flexibility index (Phi) is 21.0. The van der Waals surface area contributed by atoms with Crippen LogP contribution in [0.5, 0.6) is 23.0 Å². The summed E-state index contributed by atoms with van der Waals surface area (Å²) in [5, 5.41) is 22.8. The number of aromatic nitrogens is 6. The van der Waals surface area contributed by atoms with Gasteiger partial charge in [-0.05, 0) is 153 Å². The highest BCUT2D eigenvalue weighted by molar-refractivity contribution is 5.78. The van der Waals surface area contributed by atoms with Crippen LogP contribution in [-0.4, -0.2) is 84.3 Å². The van der Waals surface area contributed by atoms with E-state index in [1.165, 1.54) is 26.0 Å². The predicted molar refractivity (Wildman–Crippen MR) is 318 cm³/mol. The summed E-state index contributed by atoms with van der Waals surface area (Å²) in [6, 6.07) is 29.8. The van der Waals surface area contributed by atoms with E-state index in [1.807, 2.05) is 97.0 Å². The Hall–Kier alpha value is -8.56. The van der Waals surface area contributed by atoms with Crippen LogP contribution in [0.3, 0.4) is 0 Å². The lowest BCUT2D eigenvalue weighted by molar-refractivity contribution is -0.175. The Morgan fingerprint density at radius 1 is 0.432 bits per heavy atom.